The molecule has 0 radical (unpaired) electrons. The Morgan fingerprint density at radius 1 is 1.41 bits per heavy atom. The fraction of sp³-hybridized carbons (Fsp3) is 0.700. The molecule has 1 fully saturated rings. The highest BCUT2D eigenvalue weighted by molar-refractivity contribution is 5.38. The van der Waals surface area contributed by atoms with Gasteiger partial charge in [0.2, 0.25) is 0 Å². The quantitative estimate of drug-likeness (QED) is 0.858. The molecule has 0 aromatic carbocycles. The lowest BCUT2D eigenvalue weighted by Gasteiger charge is -2.32. The Hall–Kier alpha value is -1.24. The van der Waals surface area contributed by atoms with Crippen LogP contribution < -0.4 is 5.32 Å². The summed E-state index contributed by atoms with van der Waals surface area (Å²) in [5, 5.41) is 9.73. The highest BCUT2D eigenvalue weighted by Gasteiger charge is 2.32. The Bertz CT molecular complexity index is 328. The first-order valence-electron chi connectivity index (χ1n) is 5.57. The molecule has 4 nitrogen and oxygen atoms in total. The number of aromatic amines is 1. The molecule has 17 heavy (non-hydrogen) atoms. The van der Waals surface area contributed by atoms with Gasteiger partial charge in [0.1, 0.15) is 0 Å². The molecule has 0 aliphatic carbocycles. The normalized spacial score (nSPS) is 19.5. The van der Waals surface area contributed by atoms with Crippen LogP contribution in [-0.2, 0) is 0 Å². The molecule has 7 heteroatoms. The monoisotopic (exact) mass is 248 g/mol. The Kier molecular flexibility index (Phi) is 3.56. The zero-order valence-corrected chi connectivity index (χ0v) is 9.30. The molecule has 0 bridgehead atoms. The molecule has 96 valence electrons. The molecule has 0 atom stereocenters. The van der Waals surface area contributed by atoms with Crippen molar-refractivity contribution >= 4 is 5.69 Å². The second-order valence-electron chi connectivity index (χ2n) is 4.30. The molecule has 1 aromatic heterocycles. The van der Waals surface area contributed by atoms with Crippen LogP contribution >= 0.6 is 0 Å². The van der Waals surface area contributed by atoms with Crippen molar-refractivity contribution in [2.75, 3.05) is 25.0 Å². The minimum Gasteiger partial charge on any atom is -0.380 e. The van der Waals surface area contributed by atoms with Gasteiger partial charge in [0.05, 0.1) is 18.4 Å². The van der Waals surface area contributed by atoms with Gasteiger partial charge in [0.25, 0.3) is 0 Å². The van der Waals surface area contributed by atoms with E-state index in [9.17, 15) is 13.2 Å². The number of likely N-dealkylation sites (tertiary alicyclic amines) is 1. The van der Waals surface area contributed by atoms with Crippen molar-refractivity contribution in [2.24, 2.45) is 0 Å². The van der Waals surface area contributed by atoms with E-state index in [-0.39, 0.29) is 6.04 Å². The van der Waals surface area contributed by atoms with Gasteiger partial charge in [-0.25, -0.2) is 0 Å². The highest BCUT2D eigenvalue weighted by Crippen LogP contribution is 2.21. The van der Waals surface area contributed by atoms with Crippen LogP contribution in [0.3, 0.4) is 0 Å². The number of hydrogen-bond acceptors (Lipinski definition) is 3. The number of H-pyrrole nitrogens is 1. The van der Waals surface area contributed by atoms with Crippen molar-refractivity contribution in [1.29, 1.82) is 0 Å². The molecule has 0 saturated carbocycles. The van der Waals surface area contributed by atoms with Crippen LogP contribution in [-0.4, -0.2) is 46.9 Å². The summed E-state index contributed by atoms with van der Waals surface area (Å²) < 4.78 is 36.5. The van der Waals surface area contributed by atoms with E-state index < -0.39 is 12.7 Å². The number of halogens is 3. The first-order valence-corrected chi connectivity index (χ1v) is 5.57. The third-order valence-corrected chi connectivity index (χ3v) is 2.86. The van der Waals surface area contributed by atoms with Gasteiger partial charge in [0.15, 0.2) is 0 Å². The molecule has 2 rings (SSSR count). The van der Waals surface area contributed by atoms with Crippen LogP contribution in [0.1, 0.15) is 12.8 Å². The zero-order chi connectivity index (χ0) is 12.3. The van der Waals surface area contributed by atoms with E-state index in [1.54, 1.807) is 12.4 Å². The molecule has 1 aromatic rings. The molecule has 1 aliphatic rings. The summed E-state index contributed by atoms with van der Waals surface area (Å²) in [5.74, 6) is 0. The lowest BCUT2D eigenvalue weighted by atomic mass is 10.0. The number of hydrogen-bond donors (Lipinski definition) is 2. The third kappa shape index (κ3) is 3.92. The maximum absolute atomic E-state index is 12.2. The summed E-state index contributed by atoms with van der Waals surface area (Å²) in [4.78, 5) is 1.45. The second kappa shape index (κ2) is 4.95. The molecule has 1 saturated heterocycles. The van der Waals surface area contributed by atoms with Crippen molar-refractivity contribution in [3.8, 4) is 0 Å². The number of aromatic nitrogens is 2. The lowest BCUT2D eigenvalue weighted by Crippen LogP contribution is -2.43. The van der Waals surface area contributed by atoms with E-state index in [1.807, 2.05) is 0 Å². The summed E-state index contributed by atoms with van der Waals surface area (Å²) in [6.45, 7) is 0.162. The summed E-state index contributed by atoms with van der Waals surface area (Å²) in [6, 6.07) is 0.233. The number of rotatable bonds is 3. The molecule has 2 N–H and O–H groups in total. The minimum absolute atomic E-state index is 0.233. The van der Waals surface area contributed by atoms with E-state index in [0.717, 1.165) is 18.5 Å². The Balaban J connectivity index is 1.74. The van der Waals surface area contributed by atoms with E-state index >= 15 is 0 Å². The van der Waals surface area contributed by atoms with Crippen LogP contribution in [0.15, 0.2) is 12.4 Å². The van der Waals surface area contributed by atoms with Gasteiger partial charge < -0.3 is 5.32 Å². The Morgan fingerprint density at radius 2 is 2.12 bits per heavy atom. The minimum atomic E-state index is -4.09. The maximum Gasteiger partial charge on any atom is 0.401 e. The average Bonchev–Trinajstić information content (AvgIpc) is 2.71. The Morgan fingerprint density at radius 3 is 2.65 bits per heavy atom. The fourth-order valence-corrected chi connectivity index (χ4v) is 2.05. The number of nitrogens with one attached hydrogen (secondary N) is 2. The van der Waals surface area contributed by atoms with Crippen LogP contribution in [0, 0.1) is 0 Å². The van der Waals surface area contributed by atoms with E-state index in [2.05, 4.69) is 15.5 Å². The van der Waals surface area contributed by atoms with Gasteiger partial charge in [-0.05, 0) is 12.8 Å². The molecule has 0 amide bonds. The van der Waals surface area contributed by atoms with Crippen LogP contribution in [0.5, 0.6) is 0 Å². The average molecular weight is 248 g/mol. The van der Waals surface area contributed by atoms with Crippen LogP contribution in [0.25, 0.3) is 0 Å². The standard InChI is InChI=1S/C10H15F3N4/c11-10(12,13)7-17-3-1-8(2-4-17)16-9-5-14-15-6-9/h5-6,8,16H,1-4,7H2,(H,14,15). The topological polar surface area (TPSA) is 44.0 Å². The molecule has 2 heterocycles. The van der Waals surface area contributed by atoms with Crippen molar-refractivity contribution in [2.45, 2.75) is 25.1 Å². The first kappa shape index (κ1) is 12.2. The third-order valence-electron chi connectivity index (χ3n) is 2.86. The smallest absolute Gasteiger partial charge is 0.380 e. The number of piperidine rings is 1. The van der Waals surface area contributed by atoms with Crippen molar-refractivity contribution in [3.05, 3.63) is 12.4 Å². The summed E-state index contributed by atoms with van der Waals surface area (Å²) in [6.07, 6.45) is 0.761. The van der Waals surface area contributed by atoms with Crippen molar-refractivity contribution in [1.82, 2.24) is 15.1 Å². The molecular formula is C10H15F3N4. The maximum atomic E-state index is 12.2. The highest BCUT2D eigenvalue weighted by atomic mass is 19.4. The van der Waals surface area contributed by atoms with E-state index in [4.69, 9.17) is 0 Å². The Labute approximate surface area is 97.2 Å². The number of anilines is 1. The van der Waals surface area contributed by atoms with Gasteiger partial charge in [-0.15, -0.1) is 0 Å². The van der Waals surface area contributed by atoms with E-state index in [0.29, 0.717) is 13.1 Å². The lowest BCUT2D eigenvalue weighted by molar-refractivity contribution is -0.147. The molecular weight excluding hydrogens is 233 g/mol. The van der Waals surface area contributed by atoms with Gasteiger partial charge in [-0.2, -0.15) is 18.3 Å². The zero-order valence-electron chi connectivity index (χ0n) is 9.30. The first-order chi connectivity index (χ1) is 8.03. The van der Waals surface area contributed by atoms with Crippen LogP contribution in [0.2, 0.25) is 0 Å². The second-order valence-corrected chi connectivity index (χ2v) is 4.30. The predicted octanol–water partition coefficient (Wildman–Crippen LogP) is 1.85. The summed E-state index contributed by atoms with van der Waals surface area (Å²) in [5.41, 5.74) is 0.888. The molecule has 0 unspecified atom stereocenters. The predicted molar refractivity (Wildman–Crippen MR) is 57.7 cm³/mol. The van der Waals surface area contributed by atoms with E-state index in [1.165, 1.54) is 4.90 Å². The largest absolute Gasteiger partial charge is 0.401 e. The van der Waals surface area contributed by atoms with Crippen LogP contribution in [0.4, 0.5) is 18.9 Å². The van der Waals surface area contributed by atoms with Gasteiger partial charge >= 0.3 is 6.18 Å². The van der Waals surface area contributed by atoms with Crippen molar-refractivity contribution in [3.63, 3.8) is 0 Å². The SMILES string of the molecule is FC(F)(F)CN1CCC(Nc2cn[nH]c2)CC1. The van der Waals surface area contributed by atoms with Gasteiger partial charge in [0, 0.05) is 25.3 Å². The van der Waals surface area contributed by atoms with Crippen molar-refractivity contribution < 1.29 is 13.2 Å². The van der Waals surface area contributed by atoms with Gasteiger partial charge in [-0.3, -0.25) is 10.00 Å². The van der Waals surface area contributed by atoms with Gasteiger partial charge in [-0.1, -0.05) is 0 Å². The number of alkyl halides is 3. The number of nitrogens with zero attached hydrogens (tertiary/aromatic N) is 2. The molecule has 1 aliphatic heterocycles. The summed E-state index contributed by atoms with van der Waals surface area (Å²) in [7, 11) is 0. The molecule has 0 spiro atoms. The fourth-order valence-electron chi connectivity index (χ4n) is 2.05. The summed E-state index contributed by atoms with van der Waals surface area (Å²) >= 11 is 0.